The first-order valence-electron chi connectivity index (χ1n) is 11.2. The van der Waals surface area contributed by atoms with Crippen LogP contribution >= 0.6 is 11.6 Å². The highest BCUT2D eigenvalue weighted by molar-refractivity contribution is 7.90. The largest absolute Gasteiger partial charge is 0.352 e. The van der Waals surface area contributed by atoms with E-state index in [2.05, 4.69) is 5.32 Å². The Hall–Kier alpha value is -2.69. The lowest BCUT2D eigenvalue weighted by Crippen LogP contribution is -2.54. The lowest BCUT2D eigenvalue weighted by atomic mass is 10.1. The molecule has 1 atom stereocenters. The molecule has 2 amide bonds. The molecule has 0 saturated heterocycles. The van der Waals surface area contributed by atoms with Crippen molar-refractivity contribution in [2.75, 3.05) is 24.9 Å². The molecule has 1 N–H and O–H groups in total. The molecule has 192 valence electrons. The normalized spacial score (nSPS) is 12.5. The van der Waals surface area contributed by atoms with Crippen molar-refractivity contribution < 1.29 is 22.4 Å². The van der Waals surface area contributed by atoms with Gasteiger partial charge in [-0.3, -0.25) is 9.59 Å². The van der Waals surface area contributed by atoms with Gasteiger partial charge in [-0.05, 0) is 56.2 Å². The topological polar surface area (TPSA) is 90.0 Å². The lowest BCUT2D eigenvalue weighted by molar-refractivity contribution is -0.140. The van der Waals surface area contributed by atoms with Gasteiger partial charge in [0.15, 0.2) is 0 Å². The van der Waals surface area contributed by atoms with E-state index in [4.69, 9.17) is 11.6 Å². The second-order valence-electron chi connectivity index (χ2n) is 8.47. The van der Waals surface area contributed by atoms with Crippen LogP contribution in [0.25, 0.3) is 0 Å². The summed E-state index contributed by atoms with van der Waals surface area (Å²) in [5.74, 6) is -1.50. The molecule has 0 aliphatic carbocycles. The fraction of sp³-hybridized carbons (Fsp3) is 0.417. The molecule has 2 aromatic carbocycles. The van der Waals surface area contributed by atoms with E-state index in [0.29, 0.717) is 17.0 Å². The zero-order valence-electron chi connectivity index (χ0n) is 20.5. The number of anilines is 1. The predicted octanol–water partition coefficient (Wildman–Crippen LogP) is 3.42. The van der Waals surface area contributed by atoms with Gasteiger partial charge in [0.1, 0.15) is 18.4 Å². The summed E-state index contributed by atoms with van der Waals surface area (Å²) < 4.78 is 41.5. The Labute approximate surface area is 211 Å². The van der Waals surface area contributed by atoms with Gasteiger partial charge in [0.25, 0.3) is 0 Å². The molecule has 11 heteroatoms. The summed E-state index contributed by atoms with van der Waals surface area (Å²) in [5, 5.41) is 3.24. The monoisotopic (exact) mass is 526 g/mol. The van der Waals surface area contributed by atoms with Gasteiger partial charge in [0.05, 0.1) is 5.69 Å². The maximum Gasteiger partial charge on any atom is 0.304 e. The molecule has 0 unspecified atom stereocenters. The Kier molecular flexibility index (Phi) is 10.1. The minimum absolute atomic E-state index is 0.00178. The maximum atomic E-state index is 13.7. The summed E-state index contributed by atoms with van der Waals surface area (Å²) in [6, 6.07) is 10.7. The fourth-order valence-electron chi connectivity index (χ4n) is 3.43. The SMILES string of the molecule is CC[C@@H](C(=O)NC(C)C)N(Cc1ccccc1Cl)C(=O)CN(c1ccc(F)cc1)S(=O)(=O)N(C)C. The smallest absolute Gasteiger partial charge is 0.304 e. The van der Waals surface area contributed by atoms with Crippen LogP contribution in [0.5, 0.6) is 0 Å². The number of nitrogens with one attached hydrogen (secondary N) is 1. The van der Waals surface area contributed by atoms with Crippen molar-refractivity contribution in [2.24, 2.45) is 0 Å². The molecule has 0 saturated carbocycles. The van der Waals surface area contributed by atoms with Gasteiger partial charge < -0.3 is 10.2 Å². The number of nitrogens with zero attached hydrogens (tertiary/aromatic N) is 3. The molecular formula is C24H32ClFN4O4S. The van der Waals surface area contributed by atoms with Gasteiger partial charge in [-0.2, -0.15) is 12.7 Å². The average Bonchev–Trinajstić information content (AvgIpc) is 2.78. The number of carbonyl (C=O) groups is 2. The molecule has 8 nitrogen and oxygen atoms in total. The first-order valence-corrected chi connectivity index (χ1v) is 12.9. The molecule has 0 bridgehead atoms. The van der Waals surface area contributed by atoms with Crippen molar-refractivity contribution in [1.82, 2.24) is 14.5 Å². The van der Waals surface area contributed by atoms with Gasteiger partial charge in [-0.25, -0.2) is 8.70 Å². The van der Waals surface area contributed by atoms with Crippen LogP contribution in [0.1, 0.15) is 32.8 Å². The molecule has 0 aliphatic heterocycles. The van der Waals surface area contributed by atoms with E-state index in [1.807, 2.05) is 13.8 Å². The molecule has 0 radical (unpaired) electrons. The Balaban J connectivity index is 2.51. The van der Waals surface area contributed by atoms with Crippen molar-refractivity contribution in [3.63, 3.8) is 0 Å². The molecular weight excluding hydrogens is 495 g/mol. The van der Waals surface area contributed by atoms with E-state index in [-0.39, 0.29) is 24.2 Å². The number of carbonyl (C=O) groups excluding carboxylic acids is 2. The number of rotatable bonds is 11. The van der Waals surface area contributed by atoms with Crippen LogP contribution in [0.4, 0.5) is 10.1 Å². The van der Waals surface area contributed by atoms with Crippen LogP contribution in [0.15, 0.2) is 48.5 Å². The van der Waals surface area contributed by atoms with Crippen molar-refractivity contribution in [2.45, 2.75) is 45.8 Å². The lowest BCUT2D eigenvalue weighted by Gasteiger charge is -2.34. The third-order valence-corrected chi connectivity index (χ3v) is 7.44. The van der Waals surface area contributed by atoms with Crippen molar-refractivity contribution >= 4 is 39.3 Å². The second-order valence-corrected chi connectivity index (χ2v) is 10.9. The van der Waals surface area contributed by atoms with Gasteiger partial charge in [-0.15, -0.1) is 0 Å². The summed E-state index contributed by atoms with van der Waals surface area (Å²) in [5.41, 5.74) is 0.730. The van der Waals surface area contributed by atoms with E-state index >= 15 is 0 Å². The average molecular weight is 527 g/mol. The van der Waals surface area contributed by atoms with Gasteiger partial charge >= 0.3 is 10.2 Å². The summed E-state index contributed by atoms with van der Waals surface area (Å²) in [4.78, 5) is 28.0. The number of hydrogen-bond acceptors (Lipinski definition) is 4. The first kappa shape index (κ1) is 28.5. The fourth-order valence-corrected chi connectivity index (χ4v) is 4.69. The Morgan fingerprint density at radius 3 is 2.17 bits per heavy atom. The van der Waals surface area contributed by atoms with E-state index in [1.165, 1.54) is 31.1 Å². The van der Waals surface area contributed by atoms with Crippen molar-refractivity contribution in [3.05, 3.63) is 64.9 Å². The van der Waals surface area contributed by atoms with Gasteiger partial charge in [0.2, 0.25) is 11.8 Å². The molecule has 0 aromatic heterocycles. The standard InChI is InChI=1S/C24H32ClFN4O4S/c1-6-22(24(32)27-17(2)3)29(15-18-9-7-8-10-21(18)25)23(31)16-30(35(33,34)28(4)5)20-13-11-19(26)12-14-20/h7-14,17,22H,6,15-16H2,1-5H3,(H,27,32)/t22-/m0/s1. The van der Waals surface area contributed by atoms with Crippen molar-refractivity contribution in [3.8, 4) is 0 Å². The summed E-state index contributed by atoms with van der Waals surface area (Å²) in [6.45, 7) is 4.80. The summed E-state index contributed by atoms with van der Waals surface area (Å²) in [7, 11) is -1.44. The number of halogens is 2. The van der Waals surface area contributed by atoms with Gasteiger partial charge in [0, 0.05) is 31.7 Å². The number of benzene rings is 2. The molecule has 2 aromatic rings. The molecule has 2 rings (SSSR count). The molecule has 35 heavy (non-hydrogen) atoms. The highest BCUT2D eigenvalue weighted by Crippen LogP contribution is 2.23. The van der Waals surface area contributed by atoms with Crippen LogP contribution < -0.4 is 9.62 Å². The van der Waals surface area contributed by atoms with Crippen LogP contribution in [0.2, 0.25) is 5.02 Å². The van der Waals surface area contributed by atoms with Gasteiger partial charge in [-0.1, -0.05) is 36.7 Å². The molecule has 0 aliphatic rings. The molecule has 0 heterocycles. The third-order valence-electron chi connectivity index (χ3n) is 5.25. The van der Waals surface area contributed by atoms with Crippen LogP contribution in [-0.2, 0) is 26.3 Å². The Bertz CT molecular complexity index is 1130. The van der Waals surface area contributed by atoms with E-state index in [0.717, 1.165) is 20.7 Å². The second kappa shape index (κ2) is 12.3. The molecule has 0 spiro atoms. The van der Waals surface area contributed by atoms with Crippen molar-refractivity contribution in [1.29, 1.82) is 0 Å². The minimum atomic E-state index is -4.12. The van der Waals surface area contributed by atoms with Crippen LogP contribution in [-0.4, -0.2) is 62.2 Å². The first-order chi connectivity index (χ1) is 16.4. The zero-order chi connectivity index (χ0) is 26.3. The predicted molar refractivity (Wildman–Crippen MR) is 136 cm³/mol. The van der Waals surface area contributed by atoms with E-state index in [1.54, 1.807) is 31.2 Å². The quantitative estimate of drug-likeness (QED) is 0.486. The van der Waals surface area contributed by atoms with Crippen LogP contribution in [0.3, 0.4) is 0 Å². The molecule has 0 fully saturated rings. The highest BCUT2D eigenvalue weighted by atomic mass is 35.5. The third kappa shape index (κ3) is 7.39. The van der Waals surface area contributed by atoms with E-state index < -0.39 is 34.5 Å². The number of amides is 2. The minimum Gasteiger partial charge on any atom is -0.352 e. The maximum absolute atomic E-state index is 13.7. The summed E-state index contributed by atoms with van der Waals surface area (Å²) in [6.07, 6.45) is 0.297. The zero-order valence-corrected chi connectivity index (χ0v) is 22.1. The Morgan fingerprint density at radius 1 is 1.06 bits per heavy atom. The Morgan fingerprint density at radius 2 is 1.66 bits per heavy atom. The highest BCUT2D eigenvalue weighted by Gasteiger charge is 2.34. The van der Waals surface area contributed by atoms with E-state index in [9.17, 15) is 22.4 Å². The number of hydrogen-bond donors (Lipinski definition) is 1. The van der Waals surface area contributed by atoms with Crippen LogP contribution in [0, 0.1) is 5.82 Å². The summed E-state index contributed by atoms with van der Waals surface area (Å²) >= 11 is 6.33.